The summed E-state index contributed by atoms with van der Waals surface area (Å²) in [5.74, 6) is -1.47. The van der Waals surface area contributed by atoms with E-state index in [4.69, 9.17) is 11.6 Å². The Morgan fingerprint density at radius 3 is 2.65 bits per heavy atom. The quantitative estimate of drug-likeness (QED) is 0.882. The molecule has 1 unspecified atom stereocenters. The number of halogens is 1. The zero-order valence-corrected chi connectivity index (χ0v) is 13.6. The molecule has 0 aliphatic carbocycles. The number of carbonyl (C=O) groups is 3. The molecule has 1 fully saturated rings. The first kappa shape index (κ1) is 17.1. The van der Waals surface area contributed by atoms with Gasteiger partial charge >= 0.3 is 12.0 Å². The number of nitrogens with one attached hydrogen (secondary N) is 1. The number of urea groups is 1. The standard InChI is InChI=1S/C15H18ClN3O4/c1-18(2)15(23)17-9-5-6-11(16)10(8-9)13(20)19-7-3-4-12(19)14(21)22/h5-6,8,12H,3-4,7H2,1-2H3,(H,17,23)(H,21,22). The molecule has 124 valence electrons. The van der Waals surface area contributed by atoms with Crippen LogP contribution < -0.4 is 5.32 Å². The van der Waals surface area contributed by atoms with Gasteiger partial charge in [-0.3, -0.25) is 4.79 Å². The molecule has 1 aromatic carbocycles. The molecule has 8 heteroatoms. The number of aliphatic carboxylic acids is 1. The highest BCUT2D eigenvalue weighted by atomic mass is 35.5. The Balaban J connectivity index is 2.26. The molecule has 0 radical (unpaired) electrons. The summed E-state index contributed by atoms with van der Waals surface area (Å²) < 4.78 is 0. The molecule has 2 N–H and O–H groups in total. The first-order valence-corrected chi connectivity index (χ1v) is 7.50. The van der Waals surface area contributed by atoms with Crippen molar-refractivity contribution in [3.8, 4) is 0 Å². The van der Waals surface area contributed by atoms with Gasteiger partial charge < -0.3 is 20.2 Å². The summed E-state index contributed by atoms with van der Waals surface area (Å²) in [6.07, 6.45) is 1.06. The number of carboxylic acids is 1. The number of hydrogen-bond donors (Lipinski definition) is 2. The molecule has 0 saturated carbocycles. The highest BCUT2D eigenvalue weighted by Gasteiger charge is 2.35. The van der Waals surface area contributed by atoms with Crippen LogP contribution in [0.4, 0.5) is 10.5 Å². The molecule has 1 atom stereocenters. The number of carboxylic acid groups (broad SMARTS) is 1. The Labute approximate surface area is 138 Å². The summed E-state index contributed by atoms with van der Waals surface area (Å²) in [4.78, 5) is 38.2. The van der Waals surface area contributed by atoms with Gasteiger partial charge in [0.1, 0.15) is 6.04 Å². The van der Waals surface area contributed by atoms with Crippen molar-refractivity contribution < 1.29 is 19.5 Å². The smallest absolute Gasteiger partial charge is 0.326 e. The molecule has 1 aromatic rings. The summed E-state index contributed by atoms with van der Waals surface area (Å²) in [5, 5.41) is 12.0. The average molecular weight is 340 g/mol. The maximum atomic E-state index is 12.6. The molecule has 23 heavy (non-hydrogen) atoms. The summed E-state index contributed by atoms with van der Waals surface area (Å²) in [6.45, 7) is 0.375. The lowest BCUT2D eigenvalue weighted by molar-refractivity contribution is -0.141. The maximum Gasteiger partial charge on any atom is 0.326 e. The second-order valence-corrected chi connectivity index (χ2v) is 5.92. The van der Waals surface area contributed by atoms with E-state index in [1.54, 1.807) is 20.2 Å². The average Bonchev–Trinajstić information content (AvgIpc) is 2.98. The van der Waals surface area contributed by atoms with Crippen LogP contribution in [0.1, 0.15) is 23.2 Å². The van der Waals surface area contributed by atoms with Crippen molar-refractivity contribution in [2.24, 2.45) is 0 Å². The number of benzene rings is 1. The van der Waals surface area contributed by atoms with E-state index in [0.717, 1.165) is 0 Å². The fourth-order valence-electron chi connectivity index (χ4n) is 2.42. The van der Waals surface area contributed by atoms with E-state index in [1.165, 1.54) is 21.9 Å². The minimum atomic E-state index is -1.02. The van der Waals surface area contributed by atoms with Gasteiger partial charge in [0.15, 0.2) is 0 Å². The van der Waals surface area contributed by atoms with Crippen LogP contribution in [0, 0.1) is 0 Å². The molecule has 0 aromatic heterocycles. The third-order valence-electron chi connectivity index (χ3n) is 3.65. The number of anilines is 1. The van der Waals surface area contributed by atoms with Gasteiger partial charge in [0, 0.05) is 26.3 Å². The lowest BCUT2D eigenvalue weighted by atomic mass is 10.1. The van der Waals surface area contributed by atoms with E-state index in [-0.39, 0.29) is 16.6 Å². The number of hydrogen-bond acceptors (Lipinski definition) is 3. The number of amides is 3. The predicted molar refractivity (Wildman–Crippen MR) is 85.9 cm³/mol. The Bertz CT molecular complexity index is 648. The van der Waals surface area contributed by atoms with E-state index >= 15 is 0 Å². The second kappa shape index (κ2) is 6.87. The normalized spacial score (nSPS) is 17.0. The molecule has 1 aliphatic heterocycles. The third-order valence-corrected chi connectivity index (χ3v) is 3.98. The molecule has 1 aliphatic rings. The first-order valence-electron chi connectivity index (χ1n) is 7.13. The van der Waals surface area contributed by atoms with Crippen molar-refractivity contribution in [1.82, 2.24) is 9.80 Å². The fraction of sp³-hybridized carbons (Fsp3) is 0.400. The van der Waals surface area contributed by atoms with Gasteiger partial charge in [0.2, 0.25) is 0 Å². The molecule has 1 saturated heterocycles. The highest BCUT2D eigenvalue weighted by molar-refractivity contribution is 6.34. The lowest BCUT2D eigenvalue weighted by Gasteiger charge is -2.22. The zero-order valence-electron chi connectivity index (χ0n) is 12.9. The third kappa shape index (κ3) is 3.73. The van der Waals surface area contributed by atoms with Crippen molar-refractivity contribution >= 4 is 35.2 Å². The predicted octanol–water partition coefficient (Wildman–Crippen LogP) is 2.12. The molecular weight excluding hydrogens is 322 g/mol. The van der Waals surface area contributed by atoms with Crippen LogP contribution in [0.2, 0.25) is 5.02 Å². The summed E-state index contributed by atoms with van der Waals surface area (Å²) in [5.41, 5.74) is 0.596. The van der Waals surface area contributed by atoms with Gasteiger partial charge in [-0.1, -0.05) is 11.6 Å². The molecule has 3 amide bonds. The Kier molecular flexibility index (Phi) is 5.10. The fourth-order valence-corrected chi connectivity index (χ4v) is 2.62. The topological polar surface area (TPSA) is 90.0 Å². The maximum absolute atomic E-state index is 12.6. The van der Waals surface area contributed by atoms with Gasteiger partial charge in [0.05, 0.1) is 10.6 Å². The number of carbonyl (C=O) groups excluding carboxylic acids is 2. The van der Waals surface area contributed by atoms with Crippen LogP contribution in [-0.4, -0.2) is 59.5 Å². The van der Waals surface area contributed by atoms with Crippen molar-refractivity contribution in [2.75, 3.05) is 26.0 Å². The molecule has 7 nitrogen and oxygen atoms in total. The largest absolute Gasteiger partial charge is 0.480 e. The number of rotatable bonds is 3. The van der Waals surface area contributed by atoms with E-state index in [2.05, 4.69) is 5.32 Å². The molecule has 2 rings (SSSR count). The van der Waals surface area contributed by atoms with Crippen LogP contribution in [0.3, 0.4) is 0 Å². The molecule has 0 spiro atoms. The Morgan fingerprint density at radius 1 is 1.35 bits per heavy atom. The molecule has 0 bridgehead atoms. The Morgan fingerprint density at radius 2 is 2.04 bits per heavy atom. The van der Waals surface area contributed by atoms with E-state index < -0.39 is 17.9 Å². The first-order chi connectivity index (χ1) is 10.8. The molecule has 1 heterocycles. The van der Waals surface area contributed by atoms with E-state index in [0.29, 0.717) is 25.1 Å². The van der Waals surface area contributed by atoms with Crippen molar-refractivity contribution in [3.63, 3.8) is 0 Å². The monoisotopic (exact) mass is 339 g/mol. The minimum absolute atomic E-state index is 0.177. The van der Waals surface area contributed by atoms with Crippen molar-refractivity contribution in [1.29, 1.82) is 0 Å². The van der Waals surface area contributed by atoms with Gasteiger partial charge in [-0.15, -0.1) is 0 Å². The van der Waals surface area contributed by atoms with E-state index in [9.17, 15) is 19.5 Å². The van der Waals surface area contributed by atoms with Gasteiger partial charge in [-0.25, -0.2) is 9.59 Å². The summed E-state index contributed by atoms with van der Waals surface area (Å²) in [6, 6.07) is 3.38. The second-order valence-electron chi connectivity index (χ2n) is 5.51. The minimum Gasteiger partial charge on any atom is -0.480 e. The SMILES string of the molecule is CN(C)C(=O)Nc1ccc(Cl)c(C(=O)N2CCCC2C(=O)O)c1. The number of nitrogens with zero attached hydrogens (tertiary/aromatic N) is 2. The highest BCUT2D eigenvalue weighted by Crippen LogP contribution is 2.26. The number of likely N-dealkylation sites (tertiary alicyclic amines) is 1. The van der Waals surface area contributed by atoms with Crippen LogP contribution in [0.25, 0.3) is 0 Å². The van der Waals surface area contributed by atoms with Crippen molar-refractivity contribution in [2.45, 2.75) is 18.9 Å². The zero-order chi connectivity index (χ0) is 17.1. The van der Waals surface area contributed by atoms with Gasteiger partial charge in [0.25, 0.3) is 5.91 Å². The van der Waals surface area contributed by atoms with Crippen molar-refractivity contribution in [3.05, 3.63) is 28.8 Å². The summed E-state index contributed by atoms with van der Waals surface area (Å²) in [7, 11) is 3.19. The van der Waals surface area contributed by atoms with Crippen LogP contribution in [0.5, 0.6) is 0 Å². The van der Waals surface area contributed by atoms with Gasteiger partial charge in [-0.05, 0) is 31.0 Å². The molecular formula is C15H18ClN3O4. The van der Waals surface area contributed by atoms with Crippen LogP contribution in [-0.2, 0) is 4.79 Å². The van der Waals surface area contributed by atoms with Crippen LogP contribution in [0.15, 0.2) is 18.2 Å². The summed E-state index contributed by atoms with van der Waals surface area (Å²) >= 11 is 6.08. The van der Waals surface area contributed by atoms with Gasteiger partial charge in [-0.2, -0.15) is 0 Å². The lowest BCUT2D eigenvalue weighted by Crippen LogP contribution is -2.40. The van der Waals surface area contributed by atoms with Crippen LogP contribution >= 0.6 is 11.6 Å². The Hall–Kier alpha value is -2.28. The van der Waals surface area contributed by atoms with E-state index in [1.807, 2.05) is 0 Å².